The molecule has 0 atom stereocenters. The molecule has 0 aliphatic carbocycles. The molecular weight excluding hydrogens is 287 g/mol. The van der Waals surface area contributed by atoms with Crippen LogP contribution in [-0.4, -0.2) is 37.8 Å². The summed E-state index contributed by atoms with van der Waals surface area (Å²) in [5.41, 5.74) is -1.22. The average Bonchev–Trinajstić information content (AvgIpc) is 2.52. The Morgan fingerprint density at radius 2 is 2.13 bits per heavy atom. The number of carbonyl (C=O) groups is 1. The van der Waals surface area contributed by atoms with Crippen molar-refractivity contribution in [3.63, 3.8) is 0 Å². The molecule has 0 bridgehead atoms. The maximum atomic E-state index is 10.2. The summed E-state index contributed by atoms with van der Waals surface area (Å²) in [4.78, 5) is 27.6. The van der Waals surface area contributed by atoms with Crippen molar-refractivity contribution >= 4 is 18.1 Å². The molecule has 0 spiro atoms. The van der Waals surface area contributed by atoms with Crippen LogP contribution in [0.5, 0.6) is 0 Å². The van der Waals surface area contributed by atoms with Crippen molar-refractivity contribution in [2.24, 2.45) is 0 Å². The SMILES string of the molecule is O=C(O)c1[nH]n[c-]c1[N+](=O)[O-].O=[C-]O.[Y]. The second kappa shape index (κ2) is 8.00. The van der Waals surface area contributed by atoms with Crippen molar-refractivity contribution in [2.75, 3.05) is 0 Å². The van der Waals surface area contributed by atoms with E-state index in [1.807, 2.05) is 11.3 Å². The summed E-state index contributed by atoms with van der Waals surface area (Å²) in [5, 5.41) is 30.1. The summed E-state index contributed by atoms with van der Waals surface area (Å²) in [6.07, 6.45) is 1.90. The molecular formula is C5H3N3O6Y-2. The second-order valence-electron chi connectivity index (χ2n) is 1.71. The predicted molar refractivity (Wildman–Crippen MR) is 39.4 cm³/mol. The number of H-pyrrole nitrogens is 1. The topological polar surface area (TPSA) is 146 Å². The molecule has 0 aliphatic rings. The third-order valence-corrected chi connectivity index (χ3v) is 0.963. The van der Waals surface area contributed by atoms with Gasteiger partial charge in [0.05, 0.1) is 5.69 Å². The van der Waals surface area contributed by atoms with Crippen LogP contribution in [0.15, 0.2) is 0 Å². The number of aliphatic hydroxyl groups excluding tert-OH is 1. The summed E-state index contributed by atoms with van der Waals surface area (Å²) < 4.78 is 0. The van der Waals surface area contributed by atoms with Crippen LogP contribution in [-0.2, 0) is 37.5 Å². The standard InChI is InChI=1S/C4H2N3O4.CHO2.Y/c8-4(9)3-2(7(10)11)1-5-6-3;2-1-3;/h(H,5,6)(H,8,9);(H,2,3);/q2*-1;. The number of aromatic nitrogens is 2. The molecule has 10 heteroatoms. The molecule has 1 aromatic heterocycles. The first-order chi connectivity index (χ1) is 6.54. The normalized spacial score (nSPS) is 7.73. The third-order valence-electron chi connectivity index (χ3n) is 0.963. The van der Waals surface area contributed by atoms with Gasteiger partial charge >= 0.3 is 0 Å². The molecule has 0 fully saturated rings. The molecule has 0 amide bonds. The Morgan fingerprint density at radius 1 is 1.67 bits per heavy atom. The zero-order valence-electron chi connectivity index (χ0n) is 7.00. The van der Waals surface area contributed by atoms with E-state index in [-0.39, 0.29) is 32.7 Å². The molecule has 0 saturated heterocycles. The minimum absolute atomic E-state index is 0. The molecule has 1 rings (SSSR count). The first-order valence-corrected chi connectivity index (χ1v) is 2.89. The fraction of sp³-hybridized carbons (Fsp3) is 0. The van der Waals surface area contributed by atoms with Gasteiger partial charge in [0, 0.05) is 37.6 Å². The van der Waals surface area contributed by atoms with Gasteiger partial charge in [-0.3, -0.25) is 14.9 Å². The van der Waals surface area contributed by atoms with Crippen molar-refractivity contribution in [3.8, 4) is 0 Å². The van der Waals surface area contributed by atoms with Gasteiger partial charge in [-0.1, -0.05) is 6.47 Å². The van der Waals surface area contributed by atoms with Crippen LogP contribution in [0.25, 0.3) is 0 Å². The van der Waals surface area contributed by atoms with Gasteiger partial charge in [0.1, 0.15) is 0 Å². The number of hydrogen-bond acceptors (Lipinski definition) is 5. The van der Waals surface area contributed by atoms with Crippen LogP contribution in [0.3, 0.4) is 0 Å². The number of carboxylic acids is 1. The number of rotatable bonds is 2. The molecule has 0 aromatic carbocycles. The van der Waals surface area contributed by atoms with Gasteiger partial charge in [0.15, 0.2) is 5.69 Å². The van der Waals surface area contributed by atoms with E-state index in [0.717, 1.165) is 0 Å². The van der Waals surface area contributed by atoms with Crippen LogP contribution in [0, 0.1) is 16.3 Å². The number of carboxylic acid groups (broad SMARTS) is 1. The monoisotopic (exact) mass is 290 g/mol. The number of nitro groups is 1. The Hall–Kier alpha value is -1.35. The minimum atomic E-state index is -1.43. The Kier molecular flexibility index (Phi) is 8.59. The number of nitrogens with one attached hydrogen (secondary N) is 1. The molecule has 1 heterocycles. The smallest absolute Gasteiger partial charge is 0.275 e. The van der Waals surface area contributed by atoms with E-state index in [1.54, 1.807) is 0 Å². The fourth-order valence-corrected chi connectivity index (χ4v) is 0.527. The summed E-state index contributed by atoms with van der Waals surface area (Å²) in [7, 11) is 0. The van der Waals surface area contributed by atoms with Crippen LogP contribution >= 0.6 is 0 Å². The zero-order chi connectivity index (χ0) is 11.1. The molecule has 3 N–H and O–H groups in total. The molecule has 0 aliphatic heterocycles. The van der Waals surface area contributed by atoms with Crippen molar-refractivity contribution in [2.45, 2.75) is 0 Å². The van der Waals surface area contributed by atoms with Gasteiger partial charge < -0.3 is 25.2 Å². The first kappa shape index (κ1) is 16.1. The van der Waals surface area contributed by atoms with Gasteiger partial charge in [-0.25, -0.2) is 0 Å². The molecule has 1 radical (unpaired) electrons. The first-order valence-electron chi connectivity index (χ1n) is 2.89. The summed E-state index contributed by atoms with van der Waals surface area (Å²) in [6, 6.07) is 0. The summed E-state index contributed by atoms with van der Waals surface area (Å²) in [6.45, 7) is 0.500. The number of aromatic carboxylic acids is 1. The average molecular weight is 290 g/mol. The van der Waals surface area contributed by atoms with Gasteiger partial charge in [-0.15, -0.1) is 0 Å². The molecule has 0 unspecified atom stereocenters. The maximum absolute atomic E-state index is 10.2. The molecule has 9 nitrogen and oxygen atoms in total. The van der Waals surface area contributed by atoms with E-state index < -0.39 is 22.3 Å². The predicted octanol–water partition coefficient (Wildman–Crippen LogP) is -0.575. The number of nitrogens with zero attached hydrogens (tertiary/aromatic N) is 2. The molecule has 79 valence electrons. The van der Waals surface area contributed by atoms with E-state index in [2.05, 4.69) is 5.10 Å². The van der Waals surface area contributed by atoms with Crippen LogP contribution in [0.4, 0.5) is 5.69 Å². The van der Waals surface area contributed by atoms with Crippen molar-refractivity contribution in [1.29, 1.82) is 0 Å². The van der Waals surface area contributed by atoms with Gasteiger partial charge in [0.2, 0.25) is 0 Å². The van der Waals surface area contributed by atoms with E-state index in [1.165, 1.54) is 0 Å². The maximum Gasteiger partial charge on any atom is 0.275 e. The fourth-order valence-electron chi connectivity index (χ4n) is 0.527. The third kappa shape index (κ3) is 5.18. The number of hydrogen-bond donors (Lipinski definition) is 3. The minimum Gasteiger partial charge on any atom is -0.665 e. The molecule has 0 saturated carbocycles. The van der Waals surface area contributed by atoms with E-state index in [0.29, 0.717) is 6.47 Å². The van der Waals surface area contributed by atoms with Gasteiger partial charge in [-0.05, 0) is 6.20 Å². The van der Waals surface area contributed by atoms with E-state index in [9.17, 15) is 14.9 Å². The summed E-state index contributed by atoms with van der Waals surface area (Å²) in [5.74, 6) is -1.43. The van der Waals surface area contributed by atoms with Crippen LogP contribution in [0.2, 0.25) is 0 Å². The Labute approximate surface area is 108 Å². The van der Waals surface area contributed by atoms with Crippen LogP contribution < -0.4 is 0 Å². The van der Waals surface area contributed by atoms with Gasteiger partial charge in [0.25, 0.3) is 5.97 Å². The quantitative estimate of drug-likeness (QED) is 0.375. The van der Waals surface area contributed by atoms with E-state index >= 15 is 0 Å². The summed E-state index contributed by atoms with van der Waals surface area (Å²) >= 11 is 0. The largest absolute Gasteiger partial charge is 0.665 e. The van der Waals surface area contributed by atoms with Crippen molar-refractivity contribution in [3.05, 3.63) is 22.0 Å². The molecule has 15 heavy (non-hydrogen) atoms. The zero-order valence-corrected chi connectivity index (χ0v) is 9.84. The second-order valence-corrected chi connectivity index (χ2v) is 1.71. The van der Waals surface area contributed by atoms with Crippen molar-refractivity contribution in [1.82, 2.24) is 10.2 Å². The Morgan fingerprint density at radius 3 is 2.40 bits per heavy atom. The Balaban J connectivity index is 0. The van der Waals surface area contributed by atoms with Crippen molar-refractivity contribution < 1.29 is 57.4 Å². The number of aromatic amines is 1. The Bertz CT molecular complexity index is 322. The van der Waals surface area contributed by atoms with Crippen LogP contribution in [0.1, 0.15) is 10.5 Å². The molecule has 1 aromatic rings. The van der Waals surface area contributed by atoms with E-state index in [4.69, 9.17) is 15.0 Å². The van der Waals surface area contributed by atoms with Gasteiger partial charge in [-0.2, -0.15) is 0 Å².